The number of carbonyl (C=O) groups is 1. The molecule has 3 aliphatic heterocycles. The Hall–Kier alpha value is -2.11. The molecule has 1 aromatic carbocycles. The van der Waals surface area contributed by atoms with Crippen LogP contribution in [0.1, 0.15) is 13.8 Å². The molecule has 0 aromatic heterocycles. The molecular weight excluding hydrogens is 396 g/mol. The topological polar surface area (TPSA) is 111 Å². The quantitative estimate of drug-likeness (QED) is 0.746. The Labute approximate surface area is 175 Å². The first-order valence-electron chi connectivity index (χ1n) is 9.88. The molecule has 5 atom stereocenters. The molecule has 0 saturated carbocycles. The minimum absolute atomic E-state index is 0.154. The predicted molar refractivity (Wildman–Crippen MR) is 105 cm³/mol. The van der Waals surface area contributed by atoms with Crippen LogP contribution in [0, 0.1) is 0 Å². The highest BCUT2D eigenvalue weighted by Gasteiger charge is 2.59. The normalized spacial score (nSPS) is 36.0. The van der Waals surface area contributed by atoms with Crippen LogP contribution in [0.4, 0.5) is 10.5 Å². The van der Waals surface area contributed by atoms with E-state index in [1.807, 2.05) is 0 Å². The van der Waals surface area contributed by atoms with Gasteiger partial charge in [-0.3, -0.25) is 4.90 Å². The Balaban J connectivity index is 1.56. The van der Waals surface area contributed by atoms with E-state index in [9.17, 15) is 4.79 Å². The maximum atomic E-state index is 12.7. The van der Waals surface area contributed by atoms with Crippen molar-refractivity contribution in [1.82, 2.24) is 0 Å². The smallest absolute Gasteiger partial charge is 0.414 e. The summed E-state index contributed by atoms with van der Waals surface area (Å²) >= 11 is 0. The highest BCUT2D eigenvalue weighted by molar-refractivity contribution is 5.90. The van der Waals surface area contributed by atoms with Crippen LogP contribution in [-0.4, -0.2) is 76.5 Å². The largest absolute Gasteiger partial charge is 0.486 e. The summed E-state index contributed by atoms with van der Waals surface area (Å²) < 4.78 is 40.2. The average molecular weight is 424 g/mol. The minimum atomic E-state index is -1.23. The van der Waals surface area contributed by atoms with E-state index >= 15 is 0 Å². The third-order valence-corrected chi connectivity index (χ3v) is 5.98. The van der Waals surface area contributed by atoms with Gasteiger partial charge < -0.3 is 38.9 Å². The van der Waals surface area contributed by atoms with Gasteiger partial charge in [0, 0.05) is 26.8 Å². The molecule has 0 aliphatic carbocycles. The number of hydrogen-bond donors (Lipinski definition) is 1. The Kier molecular flexibility index (Phi) is 5.54. The van der Waals surface area contributed by atoms with Gasteiger partial charge in [-0.15, -0.1) is 0 Å². The van der Waals surface area contributed by atoms with E-state index in [1.54, 1.807) is 32.0 Å². The van der Waals surface area contributed by atoms with Crippen molar-refractivity contribution in [3.05, 3.63) is 18.2 Å². The number of benzene rings is 1. The van der Waals surface area contributed by atoms with Gasteiger partial charge >= 0.3 is 6.09 Å². The third-order valence-electron chi connectivity index (χ3n) is 5.98. The maximum Gasteiger partial charge on any atom is 0.414 e. The van der Waals surface area contributed by atoms with Crippen molar-refractivity contribution < 1.29 is 38.0 Å². The molecular formula is C20H28N2O8. The van der Waals surface area contributed by atoms with Gasteiger partial charge in [-0.05, 0) is 26.0 Å². The molecule has 0 bridgehead atoms. The standard InChI is InChI=1S/C20H28N2O8/c1-19(24-3)20(2,25-4)30-17(15(10-21)29-19)16-11-22(18(23)28-16)12-5-6-13-14(9-12)27-8-7-26-13/h5-6,9,15-17H,7-8,10-11,21H2,1-4H3/t15-,16-,17+,19+,20+/m1/s1. The molecule has 3 aliphatic rings. The van der Waals surface area contributed by atoms with Crippen LogP contribution < -0.4 is 20.1 Å². The highest BCUT2D eigenvalue weighted by atomic mass is 16.8. The second kappa shape index (κ2) is 7.86. The van der Waals surface area contributed by atoms with Gasteiger partial charge in [-0.2, -0.15) is 0 Å². The van der Waals surface area contributed by atoms with E-state index in [2.05, 4.69) is 0 Å². The van der Waals surface area contributed by atoms with Crippen molar-refractivity contribution in [3.63, 3.8) is 0 Å². The number of ether oxygens (including phenoxy) is 7. The van der Waals surface area contributed by atoms with Crippen LogP contribution >= 0.6 is 0 Å². The molecule has 10 heteroatoms. The molecule has 2 saturated heterocycles. The number of cyclic esters (lactones) is 1. The van der Waals surface area contributed by atoms with Gasteiger partial charge in [0.25, 0.3) is 0 Å². The molecule has 10 nitrogen and oxygen atoms in total. The van der Waals surface area contributed by atoms with Crippen LogP contribution in [-0.2, 0) is 23.7 Å². The number of anilines is 1. The Bertz CT molecular complexity index is 807. The number of rotatable bonds is 5. The fraction of sp³-hybridized carbons (Fsp3) is 0.650. The van der Waals surface area contributed by atoms with Crippen molar-refractivity contribution in [2.75, 3.05) is 45.4 Å². The van der Waals surface area contributed by atoms with Gasteiger partial charge in [0.15, 0.2) is 17.6 Å². The van der Waals surface area contributed by atoms with Crippen molar-refractivity contribution in [1.29, 1.82) is 0 Å². The summed E-state index contributed by atoms with van der Waals surface area (Å²) in [6.07, 6.45) is -2.31. The summed E-state index contributed by atoms with van der Waals surface area (Å²) in [4.78, 5) is 14.2. The lowest BCUT2D eigenvalue weighted by Crippen LogP contribution is -2.68. The van der Waals surface area contributed by atoms with E-state index in [0.717, 1.165) is 0 Å². The monoisotopic (exact) mass is 424 g/mol. The molecule has 30 heavy (non-hydrogen) atoms. The number of nitrogens with two attached hydrogens (primary N) is 1. The first-order chi connectivity index (χ1) is 14.3. The Morgan fingerprint density at radius 3 is 2.43 bits per heavy atom. The zero-order chi connectivity index (χ0) is 21.5. The molecule has 2 N–H and O–H groups in total. The first kappa shape index (κ1) is 21.1. The zero-order valence-electron chi connectivity index (χ0n) is 17.6. The van der Waals surface area contributed by atoms with E-state index in [0.29, 0.717) is 30.4 Å². The molecule has 166 valence electrons. The maximum absolute atomic E-state index is 12.7. The number of nitrogens with zero attached hydrogens (tertiary/aromatic N) is 1. The molecule has 1 aromatic rings. The van der Waals surface area contributed by atoms with Gasteiger partial charge in [-0.1, -0.05) is 0 Å². The Morgan fingerprint density at radius 2 is 1.77 bits per heavy atom. The number of hydrogen-bond acceptors (Lipinski definition) is 9. The molecule has 4 rings (SSSR count). The molecule has 3 heterocycles. The van der Waals surface area contributed by atoms with Crippen molar-refractivity contribution in [2.24, 2.45) is 5.73 Å². The Morgan fingerprint density at radius 1 is 1.10 bits per heavy atom. The predicted octanol–water partition coefficient (Wildman–Crippen LogP) is 1.25. The van der Waals surface area contributed by atoms with Gasteiger partial charge in [0.05, 0.1) is 12.2 Å². The zero-order valence-corrected chi connectivity index (χ0v) is 17.6. The minimum Gasteiger partial charge on any atom is -0.486 e. The van der Waals surface area contributed by atoms with Crippen LogP contribution in [0.25, 0.3) is 0 Å². The lowest BCUT2D eigenvalue weighted by Gasteiger charge is -2.52. The van der Waals surface area contributed by atoms with Gasteiger partial charge in [0.2, 0.25) is 11.6 Å². The third kappa shape index (κ3) is 3.38. The fourth-order valence-corrected chi connectivity index (χ4v) is 3.94. The lowest BCUT2D eigenvalue weighted by atomic mass is 10.00. The van der Waals surface area contributed by atoms with Crippen LogP contribution in [0.5, 0.6) is 11.5 Å². The molecule has 0 unspecified atom stereocenters. The molecule has 2 fully saturated rings. The number of methoxy groups -OCH3 is 2. The molecule has 1 amide bonds. The van der Waals surface area contributed by atoms with Crippen LogP contribution in [0.3, 0.4) is 0 Å². The summed E-state index contributed by atoms with van der Waals surface area (Å²) in [5.41, 5.74) is 6.58. The molecule has 0 spiro atoms. The number of amides is 1. The van der Waals surface area contributed by atoms with E-state index in [-0.39, 0.29) is 13.1 Å². The van der Waals surface area contributed by atoms with Crippen molar-refractivity contribution >= 4 is 11.8 Å². The van der Waals surface area contributed by atoms with E-state index < -0.39 is 36.0 Å². The summed E-state index contributed by atoms with van der Waals surface area (Å²) in [5, 5.41) is 0. The van der Waals surface area contributed by atoms with Crippen molar-refractivity contribution in [2.45, 2.75) is 43.7 Å². The lowest BCUT2D eigenvalue weighted by molar-refractivity contribution is -0.451. The summed E-state index contributed by atoms with van der Waals surface area (Å²) in [7, 11) is 3.01. The fourth-order valence-electron chi connectivity index (χ4n) is 3.94. The number of carbonyl (C=O) groups excluding carboxylic acids is 1. The SMILES string of the molecule is CO[C@@]1(C)O[C@H]([C@H]2CN(c3ccc4c(c3)OCCO4)C(=O)O2)[C@@H](CN)O[C@]1(C)OC. The number of fused-ring (bicyclic) bond motifs is 1. The summed E-state index contributed by atoms with van der Waals surface area (Å²) in [5.74, 6) is -1.17. The van der Waals surface area contributed by atoms with Crippen LogP contribution in [0.15, 0.2) is 18.2 Å². The summed E-state index contributed by atoms with van der Waals surface area (Å²) in [6.45, 7) is 4.80. The van der Waals surface area contributed by atoms with Crippen LogP contribution in [0.2, 0.25) is 0 Å². The van der Waals surface area contributed by atoms with E-state index in [4.69, 9.17) is 38.9 Å². The van der Waals surface area contributed by atoms with Crippen molar-refractivity contribution in [3.8, 4) is 11.5 Å². The summed E-state index contributed by atoms with van der Waals surface area (Å²) in [6, 6.07) is 5.33. The van der Waals surface area contributed by atoms with Gasteiger partial charge in [0.1, 0.15) is 25.4 Å². The van der Waals surface area contributed by atoms with E-state index in [1.165, 1.54) is 19.1 Å². The highest BCUT2D eigenvalue weighted by Crippen LogP contribution is 2.42. The second-order valence-electron chi connectivity index (χ2n) is 7.63. The average Bonchev–Trinajstić information content (AvgIpc) is 3.16. The van der Waals surface area contributed by atoms with Gasteiger partial charge in [-0.25, -0.2) is 4.79 Å². The first-order valence-corrected chi connectivity index (χ1v) is 9.88. The second-order valence-corrected chi connectivity index (χ2v) is 7.63. The molecule has 0 radical (unpaired) electrons.